The molecule has 0 saturated heterocycles. The number of pyridine rings is 1. The highest BCUT2D eigenvalue weighted by atomic mass is 35.5. The molecule has 0 atom stereocenters. The van der Waals surface area contributed by atoms with Crippen LogP contribution in [0.5, 0.6) is 0 Å². The van der Waals surface area contributed by atoms with Gasteiger partial charge < -0.3 is 0 Å². The zero-order valence-electron chi connectivity index (χ0n) is 22.7. The zero-order chi connectivity index (χ0) is 28.0. The second-order valence-corrected chi connectivity index (χ2v) is 10.3. The van der Waals surface area contributed by atoms with Crippen LogP contribution >= 0.6 is 11.6 Å². The number of nitrogens with zero attached hydrogens (tertiary/aromatic N) is 2. The molecule has 6 rings (SSSR count). The number of aryl methyl sites for hydroxylation is 1. The molecule has 0 spiro atoms. The maximum absolute atomic E-state index is 6.19. The van der Waals surface area contributed by atoms with E-state index in [2.05, 4.69) is 126 Å². The Morgan fingerprint density at radius 1 is 0.561 bits per heavy atom. The van der Waals surface area contributed by atoms with E-state index in [0.29, 0.717) is 5.02 Å². The van der Waals surface area contributed by atoms with Gasteiger partial charge in [-0.3, -0.25) is 0 Å². The highest BCUT2D eigenvalue weighted by Crippen LogP contribution is 2.29. The van der Waals surface area contributed by atoms with Crippen LogP contribution in [0.15, 0.2) is 157 Å². The van der Waals surface area contributed by atoms with Crippen molar-refractivity contribution in [1.29, 1.82) is 0 Å². The van der Waals surface area contributed by atoms with E-state index in [-0.39, 0.29) is 0 Å². The summed E-state index contributed by atoms with van der Waals surface area (Å²) in [6, 6.07) is 51.9. The number of benzene rings is 5. The number of hydrogen-bond acceptors (Lipinski definition) is 1. The molecule has 0 saturated carbocycles. The van der Waals surface area contributed by atoms with Crippen LogP contribution in [0.3, 0.4) is 0 Å². The van der Waals surface area contributed by atoms with E-state index >= 15 is 0 Å². The number of aliphatic imine (C=N–C) groups is 1. The van der Waals surface area contributed by atoms with Crippen LogP contribution in [0.25, 0.3) is 33.6 Å². The van der Waals surface area contributed by atoms with Gasteiger partial charge in [0.15, 0.2) is 5.84 Å². The molecule has 3 nitrogen and oxygen atoms in total. The summed E-state index contributed by atoms with van der Waals surface area (Å²) in [4.78, 5) is 5.07. The lowest BCUT2D eigenvalue weighted by molar-refractivity contribution is -0.617. The summed E-state index contributed by atoms with van der Waals surface area (Å²) in [5, 5.41) is 0.678. The molecule has 1 aromatic heterocycles. The lowest BCUT2D eigenvalue weighted by Crippen LogP contribution is -2.52. The first-order chi connectivity index (χ1) is 20.1. The van der Waals surface area contributed by atoms with Crippen LogP contribution in [-0.4, -0.2) is 5.84 Å². The topological polar surface area (TPSA) is 28.3 Å². The van der Waals surface area contributed by atoms with Gasteiger partial charge in [0, 0.05) is 33.8 Å². The summed E-state index contributed by atoms with van der Waals surface area (Å²) in [5.41, 5.74) is 13.2. The molecule has 4 heteroatoms. The molecule has 1 N–H and O–H groups in total. The molecule has 5 aromatic carbocycles. The average molecular weight is 551 g/mol. The normalized spacial score (nSPS) is 11.3. The zero-order valence-corrected chi connectivity index (χ0v) is 23.5. The lowest BCUT2D eigenvalue weighted by atomic mass is 9.99. The first kappa shape index (κ1) is 26.2. The molecule has 1 heterocycles. The van der Waals surface area contributed by atoms with Crippen molar-refractivity contribution in [3.8, 4) is 33.6 Å². The number of halogens is 1. The lowest BCUT2D eigenvalue weighted by Gasteiger charge is -2.14. The molecule has 6 aromatic rings. The van der Waals surface area contributed by atoms with Crippen LogP contribution in [0.4, 0.5) is 5.69 Å². The molecule has 0 aliphatic carbocycles. The predicted octanol–water partition coefficient (Wildman–Crippen LogP) is 9.26. The molecule has 0 aliphatic heterocycles. The molecule has 0 aliphatic rings. The number of rotatable bonds is 6. The second-order valence-electron chi connectivity index (χ2n) is 9.86. The maximum Gasteiger partial charge on any atom is 0.244 e. The van der Waals surface area contributed by atoms with Crippen LogP contribution in [0.1, 0.15) is 11.1 Å². The largest absolute Gasteiger partial charge is 0.244 e. The summed E-state index contributed by atoms with van der Waals surface area (Å²) in [7, 11) is 0. The van der Waals surface area contributed by atoms with Gasteiger partial charge in [-0.25, -0.2) is 4.99 Å². The van der Waals surface area contributed by atoms with Crippen molar-refractivity contribution in [2.24, 2.45) is 4.99 Å². The smallest absolute Gasteiger partial charge is 0.226 e. The molecular weight excluding hydrogens is 522 g/mol. The van der Waals surface area contributed by atoms with E-state index in [0.717, 1.165) is 50.7 Å². The third-order valence-corrected chi connectivity index (χ3v) is 7.17. The van der Waals surface area contributed by atoms with Crippen molar-refractivity contribution in [2.75, 3.05) is 5.43 Å². The fraction of sp³-hybridized carbons (Fsp3) is 0.0270. The Kier molecular flexibility index (Phi) is 7.70. The Morgan fingerprint density at radius 3 is 1.56 bits per heavy atom. The van der Waals surface area contributed by atoms with Crippen LogP contribution in [0, 0.1) is 6.92 Å². The summed E-state index contributed by atoms with van der Waals surface area (Å²) in [6.07, 6.45) is 0. The van der Waals surface area contributed by atoms with E-state index in [9.17, 15) is 0 Å². The van der Waals surface area contributed by atoms with Crippen LogP contribution < -0.4 is 10.1 Å². The van der Waals surface area contributed by atoms with Gasteiger partial charge in [0.25, 0.3) is 0 Å². The molecule has 0 amide bonds. The maximum atomic E-state index is 6.19. The predicted molar refractivity (Wildman–Crippen MR) is 171 cm³/mol. The van der Waals surface area contributed by atoms with Crippen LogP contribution in [-0.2, 0) is 0 Å². The van der Waals surface area contributed by atoms with Gasteiger partial charge >= 0.3 is 0 Å². The standard InChI is InChI=1S/C37H29ClN3/c1-27-17-19-31(20-18-27)37(39-34-23-21-33(38)22-24-34)40-41-35(29-13-7-3-8-14-29)25-32(28-11-5-2-6-12-28)26-36(41)30-15-9-4-10-16-30/h2-26H,1H3,(H,39,40)/q+1. The van der Waals surface area contributed by atoms with Crippen molar-refractivity contribution >= 4 is 23.1 Å². The molecule has 0 bridgehead atoms. The van der Waals surface area contributed by atoms with E-state index in [4.69, 9.17) is 16.6 Å². The van der Waals surface area contributed by atoms with Crippen molar-refractivity contribution in [3.05, 3.63) is 168 Å². The third-order valence-electron chi connectivity index (χ3n) is 6.92. The SMILES string of the molecule is Cc1ccc(C(=Nc2ccc(Cl)cc2)N[n+]2c(-c3ccccc3)cc(-c3ccccc3)cc2-c2ccccc2)cc1. The highest BCUT2D eigenvalue weighted by molar-refractivity contribution is 6.30. The van der Waals surface area contributed by atoms with Gasteiger partial charge in [-0.2, -0.15) is 0 Å². The minimum atomic E-state index is 0.678. The van der Waals surface area contributed by atoms with Crippen molar-refractivity contribution < 1.29 is 4.68 Å². The van der Waals surface area contributed by atoms with E-state index in [1.165, 1.54) is 5.56 Å². The second kappa shape index (κ2) is 12.0. The summed E-state index contributed by atoms with van der Waals surface area (Å²) in [5.74, 6) is 0.721. The van der Waals surface area contributed by atoms with E-state index in [1.54, 1.807) is 0 Å². The minimum Gasteiger partial charge on any atom is -0.226 e. The van der Waals surface area contributed by atoms with Gasteiger partial charge in [0.1, 0.15) is 0 Å². The fourth-order valence-electron chi connectivity index (χ4n) is 4.77. The Hall–Kier alpha value is -4.99. The molecule has 0 fully saturated rings. The average Bonchev–Trinajstić information content (AvgIpc) is 3.03. The molecule has 198 valence electrons. The third kappa shape index (κ3) is 6.11. The molecule has 0 unspecified atom stereocenters. The number of amidine groups is 1. The summed E-state index contributed by atoms with van der Waals surface area (Å²) < 4.78 is 2.14. The van der Waals surface area contributed by atoms with Gasteiger partial charge in [0.05, 0.1) is 5.69 Å². The van der Waals surface area contributed by atoms with E-state index in [1.807, 2.05) is 42.5 Å². The summed E-state index contributed by atoms with van der Waals surface area (Å²) in [6.45, 7) is 2.09. The minimum absolute atomic E-state index is 0.678. The van der Waals surface area contributed by atoms with E-state index < -0.39 is 0 Å². The monoisotopic (exact) mass is 550 g/mol. The van der Waals surface area contributed by atoms with Gasteiger partial charge in [-0.05, 0) is 66.6 Å². The van der Waals surface area contributed by atoms with Gasteiger partial charge in [0.2, 0.25) is 11.4 Å². The van der Waals surface area contributed by atoms with Crippen molar-refractivity contribution in [3.63, 3.8) is 0 Å². The Labute approximate surface area is 246 Å². The van der Waals surface area contributed by atoms with Crippen molar-refractivity contribution in [1.82, 2.24) is 0 Å². The van der Waals surface area contributed by atoms with Crippen LogP contribution in [0.2, 0.25) is 5.02 Å². The number of hydrogen-bond donors (Lipinski definition) is 1. The molecule has 0 radical (unpaired) electrons. The number of aromatic nitrogens is 1. The van der Waals surface area contributed by atoms with Gasteiger partial charge in [-0.15, -0.1) is 5.43 Å². The van der Waals surface area contributed by atoms with Crippen molar-refractivity contribution in [2.45, 2.75) is 6.92 Å². The first-order valence-electron chi connectivity index (χ1n) is 13.6. The molecule has 41 heavy (non-hydrogen) atoms. The summed E-state index contributed by atoms with van der Waals surface area (Å²) >= 11 is 6.19. The Morgan fingerprint density at radius 2 is 1.05 bits per heavy atom. The molecular formula is C37H29ClN3+. The first-order valence-corrected chi connectivity index (χ1v) is 14.0. The van der Waals surface area contributed by atoms with Gasteiger partial charge in [-0.1, -0.05) is 113 Å². The Balaban J connectivity index is 1.61. The Bertz CT molecular complexity index is 1720. The quantitative estimate of drug-likeness (QED) is 0.125. The fourth-order valence-corrected chi connectivity index (χ4v) is 4.90. The number of nitrogens with one attached hydrogen (secondary N) is 1. The highest BCUT2D eigenvalue weighted by Gasteiger charge is 2.25.